The van der Waals surface area contributed by atoms with Crippen LogP contribution in [0.1, 0.15) is 12.0 Å². The fourth-order valence-electron chi connectivity index (χ4n) is 1.95. The molecule has 0 spiro atoms. The van der Waals surface area contributed by atoms with Gasteiger partial charge in [0.1, 0.15) is 10.6 Å². The van der Waals surface area contributed by atoms with Crippen LogP contribution < -0.4 is 0 Å². The van der Waals surface area contributed by atoms with E-state index in [4.69, 9.17) is 16.7 Å². The van der Waals surface area contributed by atoms with E-state index in [2.05, 4.69) is 0 Å². The molecule has 1 heterocycles. The minimum absolute atomic E-state index is 0.0528. The van der Waals surface area contributed by atoms with Crippen molar-refractivity contribution in [1.82, 2.24) is 0 Å². The van der Waals surface area contributed by atoms with Crippen LogP contribution in [-0.2, 0) is 20.2 Å². The third kappa shape index (κ3) is 1.75. The summed E-state index contributed by atoms with van der Waals surface area (Å²) in [5.74, 6) is -2.80. The van der Waals surface area contributed by atoms with Crippen molar-refractivity contribution in [1.29, 1.82) is 0 Å². The summed E-state index contributed by atoms with van der Waals surface area (Å²) in [6.45, 7) is 0. The number of halogens is 1. The van der Waals surface area contributed by atoms with Crippen LogP contribution in [0.25, 0.3) is 0 Å². The molecule has 8 heteroatoms. The van der Waals surface area contributed by atoms with Gasteiger partial charge in [0, 0.05) is 17.0 Å². The predicted octanol–water partition coefficient (Wildman–Crippen LogP) is 0.495. The van der Waals surface area contributed by atoms with E-state index in [1.165, 1.54) is 0 Å². The molecule has 0 aromatic heterocycles. The first-order chi connectivity index (χ1) is 8.18. The highest BCUT2D eigenvalue weighted by Gasteiger charge is 2.48. The normalized spacial score (nSPS) is 25.4. The molecule has 2 rings (SSSR count). The molecule has 1 aromatic carbocycles. The largest absolute Gasteiger partial charge is 0.507 e. The van der Waals surface area contributed by atoms with Crippen LogP contribution in [0.3, 0.4) is 0 Å². The van der Waals surface area contributed by atoms with Gasteiger partial charge in [-0.25, -0.2) is 13.2 Å². The maximum absolute atomic E-state index is 11.8. The molecule has 3 N–H and O–H groups in total. The lowest BCUT2D eigenvalue weighted by Crippen LogP contribution is -2.42. The van der Waals surface area contributed by atoms with Gasteiger partial charge in [-0.1, -0.05) is 11.6 Å². The second kappa shape index (κ2) is 3.84. The van der Waals surface area contributed by atoms with Gasteiger partial charge >= 0.3 is 5.97 Å². The van der Waals surface area contributed by atoms with Gasteiger partial charge in [-0.3, -0.25) is 0 Å². The predicted molar refractivity (Wildman–Crippen MR) is 61.3 cm³/mol. The number of phenolic OH excluding ortho intramolecular Hbond substituents is 1. The number of carboxylic acids is 1. The number of aliphatic hydroxyl groups is 1. The highest BCUT2D eigenvalue weighted by Crippen LogP contribution is 2.43. The maximum atomic E-state index is 11.8. The fourth-order valence-corrected chi connectivity index (χ4v) is 3.88. The third-order valence-corrected chi connectivity index (χ3v) is 4.89. The van der Waals surface area contributed by atoms with E-state index in [1.807, 2.05) is 0 Å². The van der Waals surface area contributed by atoms with Crippen molar-refractivity contribution < 1.29 is 28.5 Å². The van der Waals surface area contributed by atoms with Crippen LogP contribution in [0.5, 0.6) is 5.75 Å². The Morgan fingerprint density at radius 1 is 1.39 bits per heavy atom. The number of carbonyl (C=O) groups is 1. The number of phenols is 1. The fraction of sp³-hybridized carbons (Fsp3) is 0.300. The zero-order valence-electron chi connectivity index (χ0n) is 8.92. The van der Waals surface area contributed by atoms with Gasteiger partial charge < -0.3 is 15.3 Å². The van der Waals surface area contributed by atoms with Crippen LogP contribution in [0.2, 0.25) is 5.02 Å². The number of sulfone groups is 1. The number of carboxylic acid groups (broad SMARTS) is 1. The van der Waals surface area contributed by atoms with Gasteiger partial charge in [-0.2, -0.15) is 0 Å². The highest BCUT2D eigenvalue weighted by molar-refractivity contribution is 7.91. The summed E-state index contributed by atoms with van der Waals surface area (Å²) in [6, 6.07) is 2.03. The molecular weight excluding hydrogens is 284 g/mol. The van der Waals surface area contributed by atoms with Gasteiger partial charge in [0.2, 0.25) is 0 Å². The summed E-state index contributed by atoms with van der Waals surface area (Å²) in [6.07, 6.45) is -0.489. The molecule has 1 atom stereocenters. The molecule has 18 heavy (non-hydrogen) atoms. The van der Waals surface area contributed by atoms with Gasteiger partial charge in [-0.15, -0.1) is 0 Å². The molecule has 6 nitrogen and oxygen atoms in total. The lowest BCUT2D eigenvalue weighted by atomic mass is 9.90. The molecule has 1 aliphatic heterocycles. The highest BCUT2D eigenvalue weighted by atomic mass is 35.5. The number of rotatable bonds is 1. The minimum Gasteiger partial charge on any atom is -0.507 e. The minimum atomic E-state index is -3.83. The second-order valence-electron chi connectivity index (χ2n) is 4.04. The number of hydrogen-bond donors (Lipinski definition) is 3. The molecule has 0 fully saturated rings. The Kier molecular flexibility index (Phi) is 2.80. The van der Waals surface area contributed by atoms with Gasteiger partial charge in [0.05, 0.1) is 5.75 Å². The van der Waals surface area contributed by atoms with Crippen molar-refractivity contribution in [2.24, 2.45) is 0 Å². The molecule has 0 saturated heterocycles. The smallest absolute Gasteiger partial charge is 0.340 e. The number of hydrogen-bond acceptors (Lipinski definition) is 5. The van der Waals surface area contributed by atoms with E-state index in [1.54, 1.807) is 0 Å². The van der Waals surface area contributed by atoms with Crippen LogP contribution in [0.4, 0.5) is 0 Å². The summed E-state index contributed by atoms with van der Waals surface area (Å²) < 4.78 is 23.6. The molecule has 1 aliphatic rings. The molecule has 0 saturated carbocycles. The first-order valence-corrected chi connectivity index (χ1v) is 6.93. The van der Waals surface area contributed by atoms with E-state index in [-0.39, 0.29) is 5.02 Å². The van der Waals surface area contributed by atoms with Crippen LogP contribution >= 0.6 is 11.6 Å². The third-order valence-electron chi connectivity index (χ3n) is 2.88. The first kappa shape index (κ1) is 13.1. The second-order valence-corrected chi connectivity index (χ2v) is 6.52. The van der Waals surface area contributed by atoms with E-state index in [9.17, 15) is 23.4 Å². The van der Waals surface area contributed by atoms with E-state index in [0.717, 1.165) is 12.1 Å². The average molecular weight is 293 g/mol. The maximum Gasteiger partial charge on any atom is 0.340 e. The van der Waals surface area contributed by atoms with E-state index in [0.29, 0.717) is 0 Å². The lowest BCUT2D eigenvalue weighted by Gasteiger charge is -2.30. The van der Waals surface area contributed by atoms with Crippen LogP contribution in [0.15, 0.2) is 17.0 Å². The summed E-state index contributed by atoms with van der Waals surface area (Å²) in [7, 11) is -3.83. The molecule has 0 bridgehead atoms. The van der Waals surface area contributed by atoms with E-state index >= 15 is 0 Å². The van der Waals surface area contributed by atoms with Crippen LogP contribution in [0, 0.1) is 0 Å². The standard InChI is InChI=1S/C10H9ClO6S/c11-5-3-6-8(7(12)4-5)18(16,17)2-1-10(6,15)9(13)14/h3-4,12,15H,1-2H2,(H,13,14)/t10-/m1/s1. The Labute approximate surface area is 107 Å². The Balaban J connectivity index is 2.87. The van der Waals surface area contributed by atoms with E-state index < -0.39 is 49.8 Å². The summed E-state index contributed by atoms with van der Waals surface area (Å²) >= 11 is 5.65. The molecule has 0 radical (unpaired) electrons. The van der Waals surface area contributed by atoms with Gasteiger partial charge in [0.15, 0.2) is 15.4 Å². The lowest BCUT2D eigenvalue weighted by molar-refractivity contribution is -0.160. The Morgan fingerprint density at radius 2 is 2.00 bits per heavy atom. The molecule has 0 unspecified atom stereocenters. The Morgan fingerprint density at radius 3 is 2.56 bits per heavy atom. The zero-order valence-corrected chi connectivity index (χ0v) is 10.5. The summed E-state index contributed by atoms with van der Waals surface area (Å²) in [5, 5.41) is 28.6. The first-order valence-electron chi connectivity index (χ1n) is 4.90. The Hall–Kier alpha value is -1.31. The van der Waals surface area contributed by atoms with Gasteiger partial charge in [0.25, 0.3) is 0 Å². The molecule has 0 aliphatic carbocycles. The molecule has 1 aromatic rings. The topological polar surface area (TPSA) is 112 Å². The quantitative estimate of drug-likeness (QED) is 0.695. The number of fused-ring (bicyclic) bond motifs is 1. The van der Waals surface area contributed by atoms with Crippen molar-refractivity contribution in [2.45, 2.75) is 16.9 Å². The number of aliphatic carboxylic acids is 1. The van der Waals surface area contributed by atoms with Crippen molar-refractivity contribution in [2.75, 3.05) is 5.75 Å². The molecule has 0 amide bonds. The number of aromatic hydroxyl groups is 1. The molecule has 98 valence electrons. The van der Waals surface area contributed by atoms with Crippen molar-refractivity contribution in [3.63, 3.8) is 0 Å². The van der Waals surface area contributed by atoms with Crippen molar-refractivity contribution in [3.05, 3.63) is 22.7 Å². The van der Waals surface area contributed by atoms with Crippen molar-refractivity contribution >= 4 is 27.4 Å². The SMILES string of the molecule is O=C(O)[C@@]1(O)CCS(=O)(=O)c2c(O)cc(Cl)cc21. The summed E-state index contributed by atoms with van der Waals surface area (Å²) in [4.78, 5) is 10.5. The average Bonchev–Trinajstić information content (AvgIpc) is 2.22. The Bertz CT molecular complexity index is 638. The number of benzene rings is 1. The van der Waals surface area contributed by atoms with Gasteiger partial charge in [-0.05, 0) is 12.1 Å². The van der Waals surface area contributed by atoms with Crippen LogP contribution in [-0.4, -0.2) is 35.5 Å². The van der Waals surface area contributed by atoms with Crippen molar-refractivity contribution in [3.8, 4) is 5.75 Å². The monoisotopic (exact) mass is 292 g/mol. The molecular formula is C10H9ClO6S. The summed E-state index contributed by atoms with van der Waals surface area (Å²) in [5.41, 5.74) is -2.76. The zero-order chi connectivity index (χ0) is 13.7.